The van der Waals surface area contributed by atoms with Crippen LogP contribution in [0.5, 0.6) is 5.75 Å². The van der Waals surface area contributed by atoms with Gasteiger partial charge in [0.25, 0.3) is 0 Å². The van der Waals surface area contributed by atoms with Gasteiger partial charge in [-0.3, -0.25) is 4.79 Å². The second-order valence-corrected chi connectivity index (χ2v) is 5.33. The molecule has 1 aliphatic heterocycles. The van der Waals surface area contributed by atoms with E-state index in [0.717, 1.165) is 0 Å². The summed E-state index contributed by atoms with van der Waals surface area (Å²) < 4.78 is 42.3. The second-order valence-electron chi connectivity index (χ2n) is 5.33. The molecule has 3 nitrogen and oxygen atoms in total. The molecule has 1 aliphatic rings. The van der Waals surface area contributed by atoms with Gasteiger partial charge < -0.3 is 10.1 Å². The minimum atomic E-state index is -4.78. The molecule has 1 saturated heterocycles. The van der Waals surface area contributed by atoms with E-state index in [2.05, 4.69) is 10.1 Å². The van der Waals surface area contributed by atoms with E-state index >= 15 is 0 Å². The summed E-state index contributed by atoms with van der Waals surface area (Å²) in [6.07, 6.45) is -3.84. The molecule has 1 heterocycles. The van der Waals surface area contributed by atoms with Crippen LogP contribution in [-0.2, 0) is 4.79 Å². The van der Waals surface area contributed by atoms with E-state index in [9.17, 15) is 18.0 Å². The summed E-state index contributed by atoms with van der Waals surface area (Å²) >= 11 is 0. The van der Waals surface area contributed by atoms with Crippen LogP contribution in [0.4, 0.5) is 13.2 Å². The van der Waals surface area contributed by atoms with E-state index in [4.69, 9.17) is 0 Å². The van der Waals surface area contributed by atoms with Crippen LogP contribution in [0.1, 0.15) is 24.4 Å². The van der Waals surface area contributed by atoms with Gasteiger partial charge in [-0.25, -0.2) is 0 Å². The standard InChI is InChI=1S/C17H14F3NO2/c18-17(19,20)23-15-10-12(14-8-9-16(22)21-14)6-7-13(15)11-4-2-1-3-5-11/h1-7,10,14H,8-9H2,(H,21,22)/t14-/m0/s1. The van der Waals surface area contributed by atoms with Crippen molar-refractivity contribution >= 4 is 5.91 Å². The number of nitrogens with one attached hydrogen (secondary N) is 1. The van der Waals surface area contributed by atoms with Crippen molar-refractivity contribution in [1.29, 1.82) is 0 Å². The average Bonchev–Trinajstić information content (AvgIpc) is 2.93. The minimum Gasteiger partial charge on any atom is -0.405 e. The highest BCUT2D eigenvalue weighted by Gasteiger charge is 2.33. The molecule has 2 aromatic rings. The summed E-state index contributed by atoms with van der Waals surface area (Å²) in [7, 11) is 0. The van der Waals surface area contributed by atoms with E-state index in [1.807, 2.05) is 0 Å². The van der Waals surface area contributed by atoms with Crippen molar-refractivity contribution in [2.45, 2.75) is 25.2 Å². The third kappa shape index (κ3) is 3.64. The monoisotopic (exact) mass is 321 g/mol. The molecular formula is C17H14F3NO2. The Hall–Kier alpha value is -2.50. The number of carbonyl (C=O) groups excluding carboxylic acids is 1. The molecule has 0 unspecified atom stereocenters. The lowest BCUT2D eigenvalue weighted by atomic mass is 9.99. The van der Waals surface area contributed by atoms with Crippen LogP contribution in [0.15, 0.2) is 48.5 Å². The summed E-state index contributed by atoms with van der Waals surface area (Å²) in [5.74, 6) is -0.359. The first-order valence-electron chi connectivity index (χ1n) is 7.17. The molecule has 6 heteroatoms. The Kier molecular flexibility index (Phi) is 3.98. The van der Waals surface area contributed by atoms with Crippen LogP contribution >= 0.6 is 0 Å². The number of amides is 1. The van der Waals surface area contributed by atoms with Gasteiger partial charge in [-0.05, 0) is 23.6 Å². The average molecular weight is 321 g/mol. The van der Waals surface area contributed by atoms with Crippen molar-refractivity contribution in [1.82, 2.24) is 5.32 Å². The van der Waals surface area contributed by atoms with Crippen LogP contribution in [0, 0.1) is 0 Å². The van der Waals surface area contributed by atoms with Crippen LogP contribution in [0.2, 0.25) is 0 Å². The van der Waals surface area contributed by atoms with Crippen LogP contribution in [0.25, 0.3) is 11.1 Å². The maximum atomic E-state index is 12.7. The fourth-order valence-corrected chi connectivity index (χ4v) is 2.69. The van der Waals surface area contributed by atoms with Crippen molar-refractivity contribution in [3.05, 3.63) is 54.1 Å². The first-order chi connectivity index (χ1) is 10.9. The van der Waals surface area contributed by atoms with E-state index in [1.165, 1.54) is 6.07 Å². The first kappa shape index (κ1) is 15.4. The van der Waals surface area contributed by atoms with Crippen molar-refractivity contribution < 1.29 is 22.7 Å². The van der Waals surface area contributed by atoms with Crippen molar-refractivity contribution in [2.24, 2.45) is 0 Å². The normalized spacial score (nSPS) is 17.9. The summed E-state index contributed by atoms with van der Waals surface area (Å²) in [5.41, 5.74) is 1.60. The number of alkyl halides is 3. The van der Waals surface area contributed by atoms with Crippen molar-refractivity contribution in [3.8, 4) is 16.9 Å². The summed E-state index contributed by atoms with van der Waals surface area (Å²) in [6, 6.07) is 13.1. The number of ether oxygens (including phenoxy) is 1. The number of benzene rings is 2. The molecule has 23 heavy (non-hydrogen) atoms. The Morgan fingerprint density at radius 1 is 1.09 bits per heavy atom. The zero-order valence-corrected chi connectivity index (χ0v) is 12.1. The molecule has 1 N–H and O–H groups in total. The zero-order chi connectivity index (χ0) is 16.4. The molecule has 0 aliphatic carbocycles. The minimum absolute atomic E-state index is 0.0968. The molecule has 1 fully saturated rings. The third-order valence-corrected chi connectivity index (χ3v) is 3.71. The number of halogens is 3. The fraction of sp³-hybridized carbons (Fsp3) is 0.235. The topological polar surface area (TPSA) is 38.3 Å². The SMILES string of the molecule is O=C1CC[C@@H](c2ccc(-c3ccccc3)c(OC(F)(F)F)c2)N1. The molecule has 0 aromatic heterocycles. The van der Waals surface area contributed by atoms with Gasteiger partial charge in [-0.2, -0.15) is 0 Å². The summed E-state index contributed by atoms with van der Waals surface area (Å²) in [4.78, 5) is 11.3. The Bertz CT molecular complexity index is 714. The number of hydrogen-bond acceptors (Lipinski definition) is 2. The van der Waals surface area contributed by atoms with Gasteiger partial charge >= 0.3 is 6.36 Å². The van der Waals surface area contributed by atoms with E-state index in [0.29, 0.717) is 29.5 Å². The summed E-state index contributed by atoms with van der Waals surface area (Å²) in [6.45, 7) is 0. The van der Waals surface area contributed by atoms with Gasteiger partial charge in [0.15, 0.2) is 0 Å². The molecular weight excluding hydrogens is 307 g/mol. The lowest BCUT2D eigenvalue weighted by Gasteiger charge is -2.17. The van der Waals surface area contributed by atoms with Gasteiger partial charge in [-0.15, -0.1) is 13.2 Å². The highest BCUT2D eigenvalue weighted by atomic mass is 19.4. The lowest BCUT2D eigenvalue weighted by molar-refractivity contribution is -0.274. The molecule has 2 aromatic carbocycles. The number of carbonyl (C=O) groups is 1. The third-order valence-electron chi connectivity index (χ3n) is 3.71. The van der Waals surface area contributed by atoms with Gasteiger partial charge in [0.2, 0.25) is 5.91 Å². The molecule has 0 spiro atoms. The highest BCUT2D eigenvalue weighted by Crippen LogP contribution is 2.37. The van der Waals surface area contributed by atoms with Crippen LogP contribution in [-0.4, -0.2) is 12.3 Å². The molecule has 0 bridgehead atoms. The predicted octanol–water partition coefficient (Wildman–Crippen LogP) is 4.20. The summed E-state index contributed by atoms with van der Waals surface area (Å²) in [5, 5.41) is 2.74. The lowest BCUT2D eigenvalue weighted by Crippen LogP contribution is -2.20. The van der Waals surface area contributed by atoms with Gasteiger partial charge in [0, 0.05) is 12.0 Å². The van der Waals surface area contributed by atoms with E-state index in [1.54, 1.807) is 42.5 Å². The molecule has 1 amide bonds. The highest BCUT2D eigenvalue weighted by molar-refractivity contribution is 5.79. The van der Waals surface area contributed by atoms with Crippen molar-refractivity contribution in [2.75, 3.05) is 0 Å². The Morgan fingerprint density at radius 2 is 1.83 bits per heavy atom. The van der Waals surface area contributed by atoms with Gasteiger partial charge in [0.1, 0.15) is 5.75 Å². The second kappa shape index (κ2) is 5.95. The zero-order valence-electron chi connectivity index (χ0n) is 12.1. The van der Waals surface area contributed by atoms with Crippen LogP contribution < -0.4 is 10.1 Å². The quantitative estimate of drug-likeness (QED) is 0.920. The Labute approximate surface area is 131 Å². The number of rotatable bonds is 3. The van der Waals surface area contributed by atoms with Crippen LogP contribution in [0.3, 0.4) is 0 Å². The maximum Gasteiger partial charge on any atom is 0.573 e. The molecule has 120 valence electrons. The number of hydrogen-bond donors (Lipinski definition) is 1. The maximum absolute atomic E-state index is 12.7. The Morgan fingerprint density at radius 3 is 2.43 bits per heavy atom. The van der Waals surface area contributed by atoms with Gasteiger partial charge in [-0.1, -0.05) is 42.5 Å². The Balaban J connectivity index is 2.01. The van der Waals surface area contributed by atoms with Gasteiger partial charge in [0.05, 0.1) is 6.04 Å². The molecule has 0 radical (unpaired) electrons. The molecule has 0 saturated carbocycles. The first-order valence-corrected chi connectivity index (χ1v) is 7.17. The van der Waals surface area contributed by atoms with E-state index in [-0.39, 0.29) is 17.7 Å². The van der Waals surface area contributed by atoms with Crippen molar-refractivity contribution in [3.63, 3.8) is 0 Å². The molecule has 1 atom stereocenters. The fourth-order valence-electron chi connectivity index (χ4n) is 2.69. The predicted molar refractivity (Wildman–Crippen MR) is 78.7 cm³/mol. The molecule has 3 rings (SSSR count). The largest absolute Gasteiger partial charge is 0.573 e. The smallest absolute Gasteiger partial charge is 0.405 e. The van der Waals surface area contributed by atoms with E-state index < -0.39 is 6.36 Å².